The van der Waals surface area contributed by atoms with E-state index in [1.807, 2.05) is 24.1 Å². The molecule has 37 heavy (non-hydrogen) atoms. The maximum absolute atomic E-state index is 13.3. The fourth-order valence-corrected chi connectivity index (χ4v) is 4.98. The zero-order valence-corrected chi connectivity index (χ0v) is 23.5. The molecule has 0 aromatic carbocycles. The van der Waals surface area contributed by atoms with Crippen LogP contribution in [0.15, 0.2) is 30.6 Å². The number of aryl methyl sites for hydroxylation is 1. The molecular weight excluding hydrogens is 497 g/mol. The van der Waals surface area contributed by atoms with Gasteiger partial charge in [-0.2, -0.15) is 13.2 Å². The second kappa shape index (κ2) is 11.5. The van der Waals surface area contributed by atoms with E-state index in [0.29, 0.717) is 30.4 Å². The number of carbonyl (C=O) groups excluding carboxylic acids is 1. The Balaban J connectivity index is 1.65. The number of anilines is 1. The zero-order chi connectivity index (χ0) is 27.4. The van der Waals surface area contributed by atoms with Crippen LogP contribution in [-0.2, 0) is 30.4 Å². The summed E-state index contributed by atoms with van der Waals surface area (Å²) in [7, 11) is -2.31. The molecule has 2 aromatic heterocycles. The molecule has 1 amide bonds. The van der Waals surface area contributed by atoms with Crippen molar-refractivity contribution in [2.24, 2.45) is 5.92 Å². The highest BCUT2D eigenvalue weighted by Crippen LogP contribution is 2.39. The Hall–Kier alpha value is -2.46. The van der Waals surface area contributed by atoms with Gasteiger partial charge in [-0.1, -0.05) is 32.9 Å². The first kappa shape index (κ1) is 29.1. The van der Waals surface area contributed by atoms with Crippen LogP contribution in [0, 0.1) is 5.92 Å². The van der Waals surface area contributed by atoms with Gasteiger partial charge in [-0.15, -0.1) is 0 Å². The van der Waals surface area contributed by atoms with E-state index < -0.39 is 20.2 Å². The number of hydrogen-bond donors (Lipinski definition) is 2. The van der Waals surface area contributed by atoms with Gasteiger partial charge in [-0.25, -0.2) is 4.98 Å². The minimum absolute atomic E-state index is 0.100. The third-order valence-electron chi connectivity index (χ3n) is 7.72. The van der Waals surface area contributed by atoms with Crippen molar-refractivity contribution in [2.45, 2.75) is 83.7 Å². The molecule has 1 aliphatic heterocycles. The van der Waals surface area contributed by atoms with Crippen LogP contribution in [0.2, 0.25) is 18.1 Å². The highest BCUT2D eigenvalue weighted by molar-refractivity contribution is 6.72. The van der Waals surface area contributed by atoms with E-state index in [2.05, 4.69) is 36.1 Å². The molecule has 0 spiro atoms. The van der Waals surface area contributed by atoms with Crippen LogP contribution in [-0.4, -0.2) is 42.1 Å². The molecule has 1 saturated heterocycles. The van der Waals surface area contributed by atoms with Crippen LogP contribution in [0.5, 0.6) is 0 Å². The van der Waals surface area contributed by atoms with Crippen molar-refractivity contribution in [1.82, 2.24) is 15.3 Å². The maximum Gasteiger partial charge on any atom is 0.433 e. The van der Waals surface area contributed by atoms with Gasteiger partial charge in [0, 0.05) is 37.6 Å². The van der Waals surface area contributed by atoms with Crippen LogP contribution in [0.1, 0.15) is 62.4 Å². The van der Waals surface area contributed by atoms with Gasteiger partial charge in [0.2, 0.25) is 5.91 Å². The third kappa shape index (κ3) is 8.01. The van der Waals surface area contributed by atoms with E-state index in [0.717, 1.165) is 42.9 Å². The minimum Gasteiger partial charge on any atom is -0.432 e. The molecular formula is C27H39F3N4O2Si. The van der Waals surface area contributed by atoms with Gasteiger partial charge in [0.15, 0.2) is 8.32 Å². The number of hydrogen-bond acceptors (Lipinski definition) is 5. The Bertz CT molecular complexity index is 1080. The second-order valence-electron chi connectivity index (χ2n) is 11.4. The first-order valence-electron chi connectivity index (χ1n) is 12.9. The Morgan fingerprint density at radius 1 is 1.16 bits per heavy atom. The molecule has 204 valence electrons. The van der Waals surface area contributed by atoms with Crippen molar-refractivity contribution in [1.29, 1.82) is 0 Å². The van der Waals surface area contributed by atoms with Gasteiger partial charge in [0.05, 0.1) is 6.42 Å². The lowest BCUT2D eigenvalue weighted by molar-refractivity contribution is -0.141. The van der Waals surface area contributed by atoms with Crippen molar-refractivity contribution < 1.29 is 22.8 Å². The van der Waals surface area contributed by atoms with E-state index in [9.17, 15) is 22.8 Å². The molecule has 1 fully saturated rings. The number of nitrogens with zero attached hydrogens (tertiary/aromatic N) is 3. The van der Waals surface area contributed by atoms with Crippen molar-refractivity contribution >= 4 is 20.0 Å². The zero-order valence-electron chi connectivity index (χ0n) is 22.5. The van der Waals surface area contributed by atoms with Crippen molar-refractivity contribution in [3.05, 3.63) is 53.0 Å². The molecule has 0 atom stereocenters. The molecule has 10 heteroatoms. The normalized spacial score (nSPS) is 15.6. The van der Waals surface area contributed by atoms with Crippen LogP contribution >= 0.6 is 0 Å². The third-order valence-corrected chi connectivity index (χ3v) is 11.3. The summed E-state index contributed by atoms with van der Waals surface area (Å²) in [5.41, 5.74) is 1.42. The Morgan fingerprint density at radius 3 is 2.43 bits per heavy atom. The number of alkyl halides is 3. The quantitative estimate of drug-likeness (QED) is 0.414. The molecule has 2 aromatic rings. The number of pyridine rings is 2. The smallest absolute Gasteiger partial charge is 0.432 e. The van der Waals surface area contributed by atoms with Crippen LogP contribution in [0.3, 0.4) is 0 Å². The van der Waals surface area contributed by atoms with Gasteiger partial charge >= 0.3 is 6.18 Å². The van der Waals surface area contributed by atoms with Crippen LogP contribution in [0.25, 0.3) is 0 Å². The lowest BCUT2D eigenvalue weighted by atomic mass is 9.99. The summed E-state index contributed by atoms with van der Waals surface area (Å²) >= 11 is 0. The molecule has 3 rings (SSSR count). The van der Waals surface area contributed by atoms with Crippen LogP contribution in [0.4, 0.5) is 19.0 Å². The maximum atomic E-state index is 13.3. The topological polar surface area (TPSA) is 78.4 Å². The van der Waals surface area contributed by atoms with Gasteiger partial charge in [-0.05, 0) is 66.9 Å². The largest absolute Gasteiger partial charge is 0.433 e. The number of amides is 1. The number of aromatic nitrogens is 2. The highest BCUT2D eigenvalue weighted by Gasteiger charge is 2.37. The summed E-state index contributed by atoms with van der Waals surface area (Å²) < 4.78 is 40.0. The molecule has 0 saturated carbocycles. The van der Waals surface area contributed by atoms with Gasteiger partial charge in [-0.3, -0.25) is 9.78 Å². The average Bonchev–Trinajstić information content (AvgIpc) is 2.81. The molecule has 0 unspecified atom stereocenters. The molecule has 6 nitrogen and oxygen atoms in total. The van der Waals surface area contributed by atoms with E-state index in [1.54, 1.807) is 12.4 Å². The van der Waals surface area contributed by atoms with Crippen molar-refractivity contribution in [3.63, 3.8) is 0 Å². The molecule has 3 heterocycles. The number of nitrogens with one attached hydrogen (secondary N) is 1. The lowest BCUT2D eigenvalue weighted by Crippen LogP contribution is -2.39. The van der Waals surface area contributed by atoms with Gasteiger partial charge in [0.1, 0.15) is 11.5 Å². The van der Waals surface area contributed by atoms with Crippen molar-refractivity contribution in [2.75, 3.05) is 18.0 Å². The average molecular weight is 537 g/mol. The minimum atomic E-state index is -4.53. The summed E-state index contributed by atoms with van der Waals surface area (Å²) in [5, 5.41) is 2.69. The highest BCUT2D eigenvalue weighted by atomic mass is 28.4. The van der Waals surface area contributed by atoms with E-state index in [-0.39, 0.29) is 23.9 Å². The van der Waals surface area contributed by atoms with Crippen LogP contribution < -0.4 is 10.2 Å². The summed E-state index contributed by atoms with van der Waals surface area (Å²) in [5.74, 6) is 0.586. The summed E-state index contributed by atoms with van der Waals surface area (Å²) in [6.45, 7) is 11.6. The molecule has 0 aliphatic carbocycles. The fourth-order valence-electron chi connectivity index (χ4n) is 4.25. The SMILES string of the molecule is CC1CCN(c2nc(C(F)(F)F)ccc2CNC(=O)Cc2cncc(CCC(C)(C)[Si](C)(C)O)c2)CC1. The summed E-state index contributed by atoms with van der Waals surface area (Å²) in [4.78, 5) is 33.4. The Morgan fingerprint density at radius 2 is 1.81 bits per heavy atom. The molecule has 0 bridgehead atoms. The predicted octanol–water partition coefficient (Wildman–Crippen LogP) is 5.50. The van der Waals surface area contributed by atoms with E-state index in [1.165, 1.54) is 6.07 Å². The number of rotatable bonds is 9. The molecule has 0 radical (unpaired) electrons. The number of halogens is 3. The van der Waals surface area contributed by atoms with Gasteiger partial charge in [0.25, 0.3) is 0 Å². The number of piperidine rings is 1. The summed E-state index contributed by atoms with van der Waals surface area (Å²) in [6, 6.07) is 4.34. The monoisotopic (exact) mass is 536 g/mol. The second-order valence-corrected chi connectivity index (χ2v) is 15.9. The van der Waals surface area contributed by atoms with Crippen molar-refractivity contribution in [3.8, 4) is 0 Å². The van der Waals surface area contributed by atoms with E-state index in [4.69, 9.17) is 0 Å². The summed E-state index contributed by atoms with van der Waals surface area (Å²) in [6.07, 6.45) is 2.38. The Kier molecular flexibility index (Phi) is 9.05. The van der Waals surface area contributed by atoms with E-state index >= 15 is 0 Å². The predicted molar refractivity (Wildman–Crippen MR) is 142 cm³/mol. The first-order valence-corrected chi connectivity index (χ1v) is 15.8. The first-order chi connectivity index (χ1) is 17.2. The lowest BCUT2D eigenvalue weighted by Gasteiger charge is -2.35. The molecule has 2 N–H and O–H groups in total. The number of carbonyl (C=O) groups is 1. The molecule has 1 aliphatic rings. The fraction of sp³-hybridized carbons (Fsp3) is 0.593. The Labute approximate surface area is 218 Å². The standard InChI is InChI=1S/C27H39F3N4O2Si/c1-19-9-12-34(13-10-19)25-22(6-7-23(33-25)27(28,29)30)18-32-24(35)15-21-14-20(16-31-17-21)8-11-26(2,3)37(4,5)36/h6-7,14,16-17,19,36H,8-13,15,18H2,1-5H3,(H,32,35). The van der Waals surface area contributed by atoms with Gasteiger partial charge < -0.3 is 15.0 Å².